The molecule has 0 radical (unpaired) electrons. The summed E-state index contributed by atoms with van der Waals surface area (Å²) in [5.41, 5.74) is 1.61. The zero-order valence-electron chi connectivity index (χ0n) is 9.33. The molecule has 0 aliphatic heterocycles. The number of furan rings is 1. The third kappa shape index (κ3) is 1.80. The van der Waals surface area contributed by atoms with Crippen LogP contribution in [0.1, 0.15) is 16.5 Å². The van der Waals surface area contributed by atoms with Crippen molar-refractivity contribution < 1.29 is 9.52 Å². The molecule has 1 aromatic carbocycles. The number of benzene rings is 1. The van der Waals surface area contributed by atoms with Crippen LogP contribution in [0.15, 0.2) is 47.1 Å². The average molecular weight is 255 g/mol. The Balaban J connectivity index is 2.00. The van der Waals surface area contributed by atoms with E-state index in [1.165, 1.54) is 11.3 Å². The van der Waals surface area contributed by atoms with E-state index in [4.69, 9.17) is 11.0 Å². The van der Waals surface area contributed by atoms with Crippen LogP contribution in [0.25, 0.3) is 15.8 Å². The fraction of sp³-hybridized carbons (Fsp3) is 0.0714. The summed E-state index contributed by atoms with van der Waals surface area (Å²) in [6.45, 7) is 6.93. The number of aliphatic hydroxyl groups excluding tert-OH is 1. The van der Waals surface area contributed by atoms with E-state index in [9.17, 15) is 5.11 Å². The molecule has 1 atom stereocenters. The van der Waals surface area contributed by atoms with Crippen molar-refractivity contribution in [2.75, 3.05) is 0 Å². The normalized spacial score (nSPS) is 12.4. The highest BCUT2D eigenvalue weighted by Crippen LogP contribution is 2.33. The van der Waals surface area contributed by atoms with E-state index in [-0.39, 0.29) is 0 Å². The molecule has 0 saturated carbocycles. The fourth-order valence-electron chi connectivity index (χ4n) is 1.87. The molecular formula is C14H9NO2S. The Morgan fingerprint density at radius 3 is 2.89 bits per heavy atom. The zero-order chi connectivity index (χ0) is 12.5. The minimum absolute atomic E-state index is 0.591. The Labute approximate surface area is 108 Å². The highest BCUT2D eigenvalue weighted by atomic mass is 32.1. The number of hydrogen-bond acceptors (Lipinski definition) is 3. The van der Waals surface area contributed by atoms with Gasteiger partial charge in [-0.1, -0.05) is 12.1 Å². The van der Waals surface area contributed by atoms with Crippen molar-refractivity contribution >= 4 is 27.3 Å². The van der Waals surface area contributed by atoms with Crippen LogP contribution in [-0.4, -0.2) is 5.11 Å². The van der Waals surface area contributed by atoms with Gasteiger partial charge in [0.15, 0.2) is 0 Å². The number of fused-ring (bicyclic) bond motifs is 1. The van der Waals surface area contributed by atoms with Gasteiger partial charge in [0.2, 0.25) is 5.00 Å². The van der Waals surface area contributed by atoms with Gasteiger partial charge in [-0.15, -0.1) is 0 Å². The Kier molecular flexibility index (Phi) is 2.63. The molecule has 18 heavy (non-hydrogen) atoms. The summed E-state index contributed by atoms with van der Waals surface area (Å²) in [4.78, 5) is 4.13. The smallest absolute Gasteiger partial charge is 0.241 e. The van der Waals surface area contributed by atoms with Gasteiger partial charge in [-0.2, -0.15) is 11.3 Å². The summed E-state index contributed by atoms with van der Waals surface area (Å²) in [7, 11) is 0. The highest BCUT2D eigenvalue weighted by Gasteiger charge is 2.13. The topological polar surface area (TPSA) is 37.7 Å². The van der Waals surface area contributed by atoms with Crippen LogP contribution in [0.3, 0.4) is 0 Å². The Morgan fingerprint density at radius 2 is 2.11 bits per heavy atom. The van der Waals surface area contributed by atoms with E-state index in [2.05, 4.69) is 4.85 Å². The van der Waals surface area contributed by atoms with Gasteiger partial charge in [-0.25, -0.2) is 4.85 Å². The maximum absolute atomic E-state index is 10.3. The van der Waals surface area contributed by atoms with Crippen LogP contribution in [0.4, 0.5) is 5.00 Å². The quantitative estimate of drug-likeness (QED) is 0.699. The lowest BCUT2D eigenvalue weighted by Gasteiger charge is -2.08. The van der Waals surface area contributed by atoms with Crippen molar-refractivity contribution in [2.45, 2.75) is 6.10 Å². The van der Waals surface area contributed by atoms with Crippen LogP contribution in [0.2, 0.25) is 0 Å². The predicted octanol–water partition coefficient (Wildman–Crippen LogP) is 4.13. The van der Waals surface area contributed by atoms with Crippen molar-refractivity contribution in [3.8, 4) is 0 Å². The van der Waals surface area contributed by atoms with Crippen molar-refractivity contribution in [2.24, 2.45) is 0 Å². The zero-order valence-corrected chi connectivity index (χ0v) is 10.1. The minimum atomic E-state index is -0.690. The Bertz CT molecular complexity index is 735. The van der Waals surface area contributed by atoms with Gasteiger partial charge in [0.25, 0.3) is 0 Å². The number of rotatable bonds is 2. The van der Waals surface area contributed by atoms with Crippen molar-refractivity contribution in [1.82, 2.24) is 0 Å². The molecule has 0 fully saturated rings. The SMILES string of the molecule is [C-]#[N+]c1ccc(C(O)c2ccc3occc3c2)s1. The molecule has 0 aliphatic carbocycles. The summed E-state index contributed by atoms with van der Waals surface area (Å²) < 4.78 is 5.26. The second-order valence-corrected chi connectivity index (χ2v) is 5.00. The molecular weight excluding hydrogens is 246 g/mol. The molecule has 3 rings (SSSR count). The molecule has 4 heteroatoms. The summed E-state index contributed by atoms with van der Waals surface area (Å²) in [6.07, 6.45) is 0.938. The van der Waals surface area contributed by atoms with Gasteiger partial charge in [-0.05, 0) is 29.8 Å². The number of nitrogens with zero attached hydrogens (tertiary/aromatic N) is 1. The molecule has 88 valence electrons. The number of hydrogen-bond donors (Lipinski definition) is 1. The maximum Gasteiger partial charge on any atom is 0.241 e. The van der Waals surface area contributed by atoms with E-state index in [1.54, 1.807) is 18.4 Å². The molecule has 0 aliphatic rings. The second-order valence-electron chi connectivity index (χ2n) is 3.91. The van der Waals surface area contributed by atoms with Crippen molar-refractivity contribution in [3.63, 3.8) is 0 Å². The molecule has 1 N–H and O–H groups in total. The molecule has 3 aromatic rings. The van der Waals surface area contributed by atoms with E-state index in [0.717, 1.165) is 21.4 Å². The largest absolute Gasteiger partial charge is 0.464 e. The van der Waals surface area contributed by atoms with Gasteiger partial charge in [0, 0.05) is 10.3 Å². The molecule has 0 spiro atoms. The first-order chi connectivity index (χ1) is 8.78. The monoisotopic (exact) mass is 255 g/mol. The van der Waals surface area contributed by atoms with Crippen molar-refractivity contribution in [1.29, 1.82) is 0 Å². The molecule has 0 saturated heterocycles. The van der Waals surface area contributed by atoms with Crippen LogP contribution >= 0.6 is 11.3 Å². The summed E-state index contributed by atoms with van der Waals surface area (Å²) in [5.74, 6) is 0. The first-order valence-electron chi connectivity index (χ1n) is 5.40. The molecule has 3 nitrogen and oxygen atoms in total. The van der Waals surface area contributed by atoms with Gasteiger partial charge in [0.05, 0.1) is 12.8 Å². The highest BCUT2D eigenvalue weighted by molar-refractivity contribution is 7.16. The van der Waals surface area contributed by atoms with Gasteiger partial charge < -0.3 is 9.52 Å². The second kappa shape index (κ2) is 4.30. The molecule has 0 bridgehead atoms. The minimum Gasteiger partial charge on any atom is -0.464 e. The van der Waals surface area contributed by atoms with E-state index in [0.29, 0.717) is 5.00 Å². The Hall–Kier alpha value is -2.09. The van der Waals surface area contributed by atoms with Crippen molar-refractivity contribution in [3.05, 3.63) is 64.5 Å². The Morgan fingerprint density at radius 1 is 1.22 bits per heavy atom. The third-order valence-corrected chi connectivity index (χ3v) is 3.82. The van der Waals surface area contributed by atoms with E-state index >= 15 is 0 Å². The van der Waals surface area contributed by atoms with Gasteiger partial charge in [-0.3, -0.25) is 0 Å². The van der Waals surface area contributed by atoms with Gasteiger partial charge >= 0.3 is 0 Å². The molecule has 0 amide bonds. The number of thiophene rings is 1. The summed E-state index contributed by atoms with van der Waals surface area (Å²) in [6, 6.07) is 11.0. The van der Waals surface area contributed by atoms with Crippen LogP contribution in [-0.2, 0) is 0 Å². The summed E-state index contributed by atoms with van der Waals surface area (Å²) in [5, 5.41) is 11.8. The standard InChI is InChI=1S/C14H9NO2S/c1-15-13-5-4-12(18-13)14(16)10-2-3-11-9(8-10)6-7-17-11/h2-8,14,16H. The lowest BCUT2D eigenvalue weighted by molar-refractivity contribution is 0.224. The van der Waals surface area contributed by atoms with Crippen LogP contribution in [0.5, 0.6) is 0 Å². The maximum atomic E-state index is 10.3. The lowest BCUT2D eigenvalue weighted by Crippen LogP contribution is -1.96. The first kappa shape index (κ1) is 11.0. The third-order valence-electron chi connectivity index (χ3n) is 2.78. The van der Waals surface area contributed by atoms with Crippen LogP contribution in [0, 0.1) is 6.57 Å². The van der Waals surface area contributed by atoms with Crippen LogP contribution < -0.4 is 0 Å². The van der Waals surface area contributed by atoms with E-state index in [1.807, 2.05) is 24.3 Å². The lowest BCUT2D eigenvalue weighted by atomic mass is 10.1. The summed E-state index contributed by atoms with van der Waals surface area (Å²) >= 11 is 1.32. The predicted molar refractivity (Wildman–Crippen MR) is 70.9 cm³/mol. The first-order valence-corrected chi connectivity index (χ1v) is 6.22. The average Bonchev–Trinajstić information content (AvgIpc) is 3.05. The van der Waals surface area contributed by atoms with E-state index < -0.39 is 6.10 Å². The van der Waals surface area contributed by atoms with Gasteiger partial charge in [0.1, 0.15) is 11.7 Å². The fourth-order valence-corrected chi connectivity index (χ4v) is 2.68. The molecule has 1 unspecified atom stereocenters. The molecule has 2 aromatic heterocycles. The molecule has 2 heterocycles. The number of aliphatic hydroxyl groups is 1.